The number of alkyl halides is 3. The zero-order valence-corrected chi connectivity index (χ0v) is 17.1. The number of ether oxygens (including phenoxy) is 1. The maximum absolute atomic E-state index is 13.0. The lowest BCUT2D eigenvalue weighted by Gasteiger charge is -2.15. The minimum absolute atomic E-state index is 0.0445. The smallest absolute Gasteiger partial charge is 0.416 e. The van der Waals surface area contributed by atoms with E-state index in [4.69, 9.17) is 9.88 Å². The standard InChI is InChI=1S/C20H23F3N2O3S/c1-19(2)15(18(19)12-4-7-14(8-5-12)29(24,26)27)11-25-16-10-13(20(21,22)23)6-9-17(16)28-3/h4-10,15,18,25H,11H2,1-3H3,(H2,24,26,27). The Morgan fingerprint density at radius 2 is 1.76 bits per heavy atom. The van der Waals surface area contributed by atoms with Crippen LogP contribution in [0.2, 0.25) is 0 Å². The van der Waals surface area contributed by atoms with Crippen LogP contribution in [-0.2, 0) is 16.2 Å². The number of hydrogen-bond donors (Lipinski definition) is 2. The van der Waals surface area contributed by atoms with Gasteiger partial charge in [-0.2, -0.15) is 13.2 Å². The maximum atomic E-state index is 13.0. The highest BCUT2D eigenvalue weighted by Crippen LogP contribution is 2.64. The molecule has 3 N–H and O–H groups in total. The molecule has 0 radical (unpaired) electrons. The minimum Gasteiger partial charge on any atom is -0.495 e. The van der Waals surface area contributed by atoms with Crippen molar-refractivity contribution in [1.29, 1.82) is 0 Å². The first-order valence-electron chi connectivity index (χ1n) is 8.97. The zero-order chi connectivity index (χ0) is 21.6. The first-order valence-corrected chi connectivity index (χ1v) is 10.5. The number of sulfonamides is 1. The van der Waals surface area contributed by atoms with Gasteiger partial charge in [0.15, 0.2) is 0 Å². The third kappa shape index (κ3) is 4.35. The number of hydrogen-bond acceptors (Lipinski definition) is 4. The molecule has 0 heterocycles. The van der Waals surface area contributed by atoms with Gasteiger partial charge in [0, 0.05) is 6.54 Å². The molecule has 9 heteroatoms. The van der Waals surface area contributed by atoms with Crippen molar-refractivity contribution in [2.45, 2.75) is 30.8 Å². The Hall–Kier alpha value is -2.26. The number of nitrogens with one attached hydrogen (secondary N) is 1. The van der Waals surface area contributed by atoms with Crippen LogP contribution in [0.3, 0.4) is 0 Å². The topological polar surface area (TPSA) is 81.4 Å². The number of anilines is 1. The van der Waals surface area contributed by atoms with Crippen LogP contribution in [0.15, 0.2) is 47.4 Å². The van der Waals surface area contributed by atoms with Gasteiger partial charge in [-0.1, -0.05) is 26.0 Å². The molecule has 158 valence electrons. The number of nitrogens with two attached hydrogens (primary N) is 1. The fourth-order valence-corrected chi connectivity index (χ4v) is 4.41. The Kier molecular flexibility index (Phi) is 5.33. The predicted molar refractivity (Wildman–Crippen MR) is 104 cm³/mol. The maximum Gasteiger partial charge on any atom is 0.416 e. The van der Waals surface area contributed by atoms with E-state index in [0.29, 0.717) is 12.3 Å². The molecule has 2 atom stereocenters. The summed E-state index contributed by atoms with van der Waals surface area (Å²) in [7, 11) is -2.35. The number of rotatable bonds is 6. The first-order chi connectivity index (χ1) is 13.4. The second-order valence-electron chi connectivity index (χ2n) is 7.81. The molecule has 2 aromatic carbocycles. The molecule has 5 nitrogen and oxygen atoms in total. The van der Waals surface area contributed by atoms with Crippen LogP contribution in [0, 0.1) is 11.3 Å². The van der Waals surface area contributed by atoms with Crippen molar-refractivity contribution in [1.82, 2.24) is 0 Å². The normalized spacial score (nSPS) is 20.9. The summed E-state index contributed by atoms with van der Waals surface area (Å²) < 4.78 is 67.1. The van der Waals surface area contributed by atoms with Crippen molar-refractivity contribution >= 4 is 15.7 Å². The molecule has 1 fully saturated rings. The summed E-state index contributed by atoms with van der Waals surface area (Å²) in [4.78, 5) is 0.0445. The Balaban J connectivity index is 1.76. The lowest BCUT2D eigenvalue weighted by molar-refractivity contribution is -0.137. The van der Waals surface area contributed by atoms with E-state index in [0.717, 1.165) is 17.7 Å². The molecule has 0 saturated heterocycles. The molecule has 0 aliphatic heterocycles. The quantitative estimate of drug-likeness (QED) is 0.722. The van der Waals surface area contributed by atoms with Crippen LogP contribution in [-0.4, -0.2) is 22.1 Å². The summed E-state index contributed by atoms with van der Waals surface area (Å²) in [5.74, 6) is 0.633. The fraction of sp³-hybridized carbons (Fsp3) is 0.400. The molecular weight excluding hydrogens is 405 g/mol. The second kappa shape index (κ2) is 7.21. The summed E-state index contributed by atoms with van der Waals surface area (Å²) in [6.07, 6.45) is -4.44. The van der Waals surface area contributed by atoms with E-state index in [-0.39, 0.29) is 27.8 Å². The average Bonchev–Trinajstić information content (AvgIpc) is 3.18. The largest absolute Gasteiger partial charge is 0.495 e. The van der Waals surface area contributed by atoms with Crippen LogP contribution in [0.4, 0.5) is 18.9 Å². The van der Waals surface area contributed by atoms with E-state index in [1.807, 2.05) is 0 Å². The van der Waals surface area contributed by atoms with Crippen molar-refractivity contribution in [3.8, 4) is 5.75 Å². The van der Waals surface area contributed by atoms with Crippen LogP contribution < -0.4 is 15.2 Å². The fourth-order valence-electron chi connectivity index (χ4n) is 3.89. The zero-order valence-electron chi connectivity index (χ0n) is 16.2. The van der Waals surface area contributed by atoms with Gasteiger partial charge in [0.2, 0.25) is 10.0 Å². The summed E-state index contributed by atoms with van der Waals surface area (Å²) >= 11 is 0. The van der Waals surface area contributed by atoms with E-state index in [1.165, 1.54) is 25.3 Å². The number of halogens is 3. The van der Waals surface area contributed by atoms with Gasteiger partial charge < -0.3 is 10.1 Å². The Morgan fingerprint density at radius 3 is 2.28 bits per heavy atom. The number of primary sulfonamides is 1. The Morgan fingerprint density at radius 1 is 1.14 bits per heavy atom. The van der Waals surface area contributed by atoms with E-state index in [1.54, 1.807) is 12.1 Å². The molecule has 3 rings (SSSR count). The highest BCUT2D eigenvalue weighted by molar-refractivity contribution is 7.89. The van der Waals surface area contributed by atoms with Gasteiger partial charge in [0.25, 0.3) is 0 Å². The third-order valence-electron chi connectivity index (χ3n) is 5.66. The Labute approximate surface area is 168 Å². The van der Waals surface area contributed by atoms with Gasteiger partial charge in [-0.3, -0.25) is 0 Å². The predicted octanol–water partition coefficient (Wildman–Crippen LogP) is 4.21. The molecule has 1 aliphatic carbocycles. The number of benzene rings is 2. The summed E-state index contributed by atoms with van der Waals surface area (Å²) in [6.45, 7) is 4.59. The van der Waals surface area contributed by atoms with E-state index < -0.39 is 21.8 Å². The van der Waals surface area contributed by atoms with Gasteiger partial charge in [-0.15, -0.1) is 0 Å². The molecule has 2 aromatic rings. The van der Waals surface area contributed by atoms with Crippen LogP contribution >= 0.6 is 0 Å². The second-order valence-corrected chi connectivity index (χ2v) is 9.37. The van der Waals surface area contributed by atoms with Gasteiger partial charge in [-0.25, -0.2) is 13.6 Å². The highest BCUT2D eigenvalue weighted by Gasteiger charge is 2.57. The van der Waals surface area contributed by atoms with Gasteiger partial charge in [0.05, 0.1) is 23.3 Å². The summed E-state index contributed by atoms with van der Waals surface area (Å²) in [5, 5.41) is 8.22. The van der Waals surface area contributed by atoms with E-state index in [2.05, 4.69) is 19.2 Å². The molecule has 0 spiro atoms. The lowest BCUT2D eigenvalue weighted by atomic mass is 10.0. The van der Waals surface area contributed by atoms with Crippen LogP contribution in [0.25, 0.3) is 0 Å². The molecule has 29 heavy (non-hydrogen) atoms. The monoisotopic (exact) mass is 428 g/mol. The van der Waals surface area contributed by atoms with Gasteiger partial charge in [0.1, 0.15) is 5.75 Å². The third-order valence-corrected chi connectivity index (χ3v) is 6.59. The number of methoxy groups -OCH3 is 1. The molecular formula is C20H23F3N2O3S. The first kappa shape index (κ1) is 21.4. The molecule has 0 aromatic heterocycles. The average molecular weight is 428 g/mol. The molecule has 2 unspecified atom stereocenters. The van der Waals surface area contributed by atoms with Crippen LogP contribution in [0.5, 0.6) is 5.75 Å². The Bertz CT molecular complexity index is 1000. The van der Waals surface area contributed by atoms with Crippen molar-refractivity contribution in [2.24, 2.45) is 16.5 Å². The molecule has 0 bridgehead atoms. The SMILES string of the molecule is COc1ccc(C(F)(F)F)cc1NCC1C(c2ccc(S(N)(=O)=O)cc2)C1(C)C. The van der Waals surface area contributed by atoms with Crippen LogP contribution in [0.1, 0.15) is 30.9 Å². The van der Waals surface area contributed by atoms with Crippen molar-refractivity contribution < 1.29 is 26.3 Å². The van der Waals surface area contributed by atoms with Crippen molar-refractivity contribution in [2.75, 3.05) is 19.0 Å². The van der Waals surface area contributed by atoms with Crippen molar-refractivity contribution in [3.05, 3.63) is 53.6 Å². The lowest BCUT2D eigenvalue weighted by Crippen LogP contribution is -2.12. The summed E-state index contributed by atoms with van der Waals surface area (Å²) in [5.41, 5.74) is 0.412. The van der Waals surface area contributed by atoms with E-state index >= 15 is 0 Å². The van der Waals surface area contributed by atoms with Gasteiger partial charge >= 0.3 is 6.18 Å². The summed E-state index contributed by atoms with van der Waals surface area (Å²) in [6, 6.07) is 9.74. The molecule has 1 saturated carbocycles. The highest BCUT2D eigenvalue weighted by atomic mass is 32.2. The molecule has 0 amide bonds. The minimum atomic E-state index is -4.44. The van der Waals surface area contributed by atoms with Crippen molar-refractivity contribution in [3.63, 3.8) is 0 Å². The van der Waals surface area contributed by atoms with E-state index in [9.17, 15) is 21.6 Å². The molecule has 1 aliphatic rings. The van der Waals surface area contributed by atoms with Gasteiger partial charge in [-0.05, 0) is 53.1 Å².